The van der Waals surface area contributed by atoms with Crippen molar-refractivity contribution >= 4 is 11.8 Å². The van der Waals surface area contributed by atoms with Crippen LogP contribution in [0.5, 0.6) is 5.75 Å². The van der Waals surface area contributed by atoms with Crippen molar-refractivity contribution in [1.29, 1.82) is 0 Å². The van der Waals surface area contributed by atoms with Crippen molar-refractivity contribution in [2.45, 2.75) is 32.9 Å². The van der Waals surface area contributed by atoms with Crippen molar-refractivity contribution in [2.75, 3.05) is 7.11 Å². The Hall–Kier alpha value is -2.89. The Morgan fingerprint density at radius 1 is 1.15 bits per heavy atom. The first-order valence-electron chi connectivity index (χ1n) is 8.32. The number of halogens is 1. The summed E-state index contributed by atoms with van der Waals surface area (Å²) in [6.07, 6.45) is 0.103. The zero-order valence-corrected chi connectivity index (χ0v) is 15.1. The number of ether oxygens (including phenoxy) is 1. The van der Waals surface area contributed by atoms with Gasteiger partial charge in [-0.15, -0.1) is 0 Å². The number of benzene rings is 2. The molecule has 0 spiro atoms. The minimum Gasteiger partial charge on any atom is -0.497 e. The minimum absolute atomic E-state index is 0.103. The highest BCUT2D eigenvalue weighted by Crippen LogP contribution is 2.20. The van der Waals surface area contributed by atoms with Crippen LogP contribution in [0.25, 0.3) is 0 Å². The van der Waals surface area contributed by atoms with E-state index in [0.717, 1.165) is 11.1 Å². The molecule has 0 aliphatic rings. The van der Waals surface area contributed by atoms with Gasteiger partial charge in [-0.2, -0.15) is 0 Å². The number of carbonyl (C=O) groups is 2. The van der Waals surface area contributed by atoms with Crippen LogP contribution >= 0.6 is 0 Å². The molecule has 2 aromatic carbocycles. The van der Waals surface area contributed by atoms with E-state index < -0.39 is 6.04 Å². The van der Waals surface area contributed by atoms with Crippen molar-refractivity contribution < 1.29 is 18.7 Å². The molecule has 1 atom stereocenters. The molecule has 5 nitrogen and oxygen atoms in total. The van der Waals surface area contributed by atoms with Gasteiger partial charge in [0.1, 0.15) is 11.6 Å². The van der Waals surface area contributed by atoms with Gasteiger partial charge in [0.05, 0.1) is 19.6 Å². The number of amides is 2. The van der Waals surface area contributed by atoms with Gasteiger partial charge in [0.2, 0.25) is 11.8 Å². The lowest BCUT2D eigenvalue weighted by atomic mass is 10.0. The van der Waals surface area contributed by atoms with Crippen LogP contribution in [0.15, 0.2) is 42.5 Å². The molecule has 2 rings (SSSR count). The number of nitrogens with one attached hydrogen (secondary N) is 2. The lowest BCUT2D eigenvalue weighted by molar-refractivity contribution is -0.122. The summed E-state index contributed by atoms with van der Waals surface area (Å²) in [5.41, 5.74) is 2.16. The second-order valence-electron chi connectivity index (χ2n) is 6.09. The van der Waals surface area contributed by atoms with Crippen LogP contribution in [0.3, 0.4) is 0 Å². The highest BCUT2D eigenvalue weighted by atomic mass is 19.1. The van der Waals surface area contributed by atoms with Gasteiger partial charge in [-0.25, -0.2) is 4.39 Å². The van der Waals surface area contributed by atoms with E-state index in [9.17, 15) is 14.0 Å². The Kier molecular flexibility index (Phi) is 6.72. The average Bonchev–Trinajstić information content (AvgIpc) is 2.62. The van der Waals surface area contributed by atoms with E-state index in [1.807, 2.05) is 12.1 Å². The van der Waals surface area contributed by atoms with Gasteiger partial charge in [0.15, 0.2) is 0 Å². The Morgan fingerprint density at radius 3 is 2.42 bits per heavy atom. The number of aryl methyl sites for hydroxylation is 1. The number of rotatable bonds is 7. The molecule has 0 bridgehead atoms. The van der Waals surface area contributed by atoms with E-state index in [4.69, 9.17) is 4.74 Å². The van der Waals surface area contributed by atoms with Crippen LogP contribution in [0.2, 0.25) is 0 Å². The number of methoxy groups -OCH3 is 1. The van der Waals surface area contributed by atoms with E-state index in [2.05, 4.69) is 10.6 Å². The summed E-state index contributed by atoms with van der Waals surface area (Å²) in [7, 11) is 1.57. The quantitative estimate of drug-likeness (QED) is 0.799. The van der Waals surface area contributed by atoms with Crippen LogP contribution in [-0.4, -0.2) is 18.9 Å². The molecule has 138 valence electrons. The number of hydrogen-bond acceptors (Lipinski definition) is 3. The number of carbonyl (C=O) groups excluding carboxylic acids is 2. The highest BCUT2D eigenvalue weighted by molar-refractivity contribution is 5.79. The zero-order valence-electron chi connectivity index (χ0n) is 15.1. The fraction of sp³-hybridized carbons (Fsp3) is 0.300. The molecule has 0 radical (unpaired) electrons. The maximum Gasteiger partial charge on any atom is 0.222 e. The first kappa shape index (κ1) is 19.4. The fourth-order valence-corrected chi connectivity index (χ4v) is 2.61. The molecule has 26 heavy (non-hydrogen) atoms. The average molecular weight is 358 g/mol. The molecule has 0 unspecified atom stereocenters. The third-order valence-corrected chi connectivity index (χ3v) is 4.00. The molecule has 0 saturated heterocycles. The van der Waals surface area contributed by atoms with Crippen LogP contribution in [-0.2, 0) is 16.1 Å². The van der Waals surface area contributed by atoms with Crippen molar-refractivity contribution in [3.05, 3.63) is 65.0 Å². The van der Waals surface area contributed by atoms with Gasteiger partial charge >= 0.3 is 0 Å². The van der Waals surface area contributed by atoms with Gasteiger partial charge in [-0.3, -0.25) is 9.59 Å². The Bertz CT molecular complexity index is 775. The Morgan fingerprint density at radius 2 is 1.85 bits per heavy atom. The SMILES string of the molecule is COc1ccc([C@@H](CC(=O)NCc2ccc(F)c(C)c2)NC(C)=O)cc1. The molecule has 0 fully saturated rings. The molecule has 0 heterocycles. The fourth-order valence-electron chi connectivity index (χ4n) is 2.61. The summed E-state index contributed by atoms with van der Waals surface area (Å²) < 4.78 is 18.4. The van der Waals surface area contributed by atoms with Crippen molar-refractivity contribution in [1.82, 2.24) is 10.6 Å². The van der Waals surface area contributed by atoms with Crippen LogP contribution in [0.4, 0.5) is 4.39 Å². The maximum atomic E-state index is 13.3. The van der Waals surface area contributed by atoms with Gasteiger partial charge < -0.3 is 15.4 Å². The summed E-state index contributed by atoms with van der Waals surface area (Å²) >= 11 is 0. The molecule has 2 amide bonds. The molecule has 0 aliphatic heterocycles. The van der Waals surface area contributed by atoms with Gasteiger partial charge in [-0.1, -0.05) is 24.3 Å². The molecule has 2 N–H and O–H groups in total. The van der Waals surface area contributed by atoms with Crippen molar-refractivity contribution in [3.8, 4) is 5.75 Å². The molecular formula is C20H23FN2O3. The molecular weight excluding hydrogens is 335 g/mol. The van der Waals surface area contributed by atoms with E-state index in [-0.39, 0.29) is 24.1 Å². The van der Waals surface area contributed by atoms with E-state index in [1.165, 1.54) is 13.0 Å². The predicted molar refractivity (Wildman–Crippen MR) is 97.2 cm³/mol. The normalized spacial score (nSPS) is 11.5. The molecule has 0 aromatic heterocycles. The van der Waals surface area contributed by atoms with Crippen LogP contribution in [0, 0.1) is 12.7 Å². The largest absolute Gasteiger partial charge is 0.497 e. The minimum atomic E-state index is -0.437. The van der Waals surface area contributed by atoms with E-state index >= 15 is 0 Å². The van der Waals surface area contributed by atoms with E-state index in [0.29, 0.717) is 17.9 Å². The maximum absolute atomic E-state index is 13.3. The Labute approximate surface area is 152 Å². The molecule has 6 heteroatoms. The smallest absolute Gasteiger partial charge is 0.222 e. The highest BCUT2D eigenvalue weighted by Gasteiger charge is 2.17. The van der Waals surface area contributed by atoms with Crippen LogP contribution < -0.4 is 15.4 Å². The molecule has 2 aromatic rings. The molecule has 0 saturated carbocycles. The van der Waals surface area contributed by atoms with E-state index in [1.54, 1.807) is 38.3 Å². The van der Waals surface area contributed by atoms with Gasteiger partial charge in [0, 0.05) is 13.5 Å². The van der Waals surface area contributed by atoms with Crippen LogP contribution in [0.1, 0.15) is 36.1 Å². The summed E-state index contributed by atoms with van der Waals surface area (Å²) in [5, 5.41) is 5.59. The summed E-state index contributed by atoms with van der Waals surface area (Å²) in [5.74, 6) is 0.00563. The topological polar surface area (TPSA) is 67.4 Å². The second-order valence-corrected chi connectivity index (χ2v) is 6.09. The van der Waals surface area contributed by atoms with Crippen molar-refractivity contribution in [2.24, 2.45) is 0 Å². The van der Waals surface area contributed by atoms with Gasteiger partial charge in [0.25, 0.3) is 0 Å². The first-order valence-corrected chi connectivity index (χ1v) is 8.32. The standard InChI is InChI=1S/C20H23FN2O3/c1-13-10-15(4-9-18(13)21)12-22-20(25)11-19(23-14(2)24)16-5-7-17(26-3)8-6-16/h4-10,19H,11-12H2,1-3H3,(H,22,25)(H,23,24)/t19-/m1/s1. The predicted octanol–water partition coefficient (Wildman–Crippen LogP) is 3.03. The lowest BCUT2D eigenvalue weighted by Gasteiger charge is -2.18. The van der Waals surface area contributed by atoms with Gasteiger partial charge in [-0.05, 0) is 41.8 Å². The zero-order chi connectivity index (χ0) is 19.1. The summed E-state index contributed by atoms with van der Waals surface area (Å²) in [6, 6.07) is 11.5. The Balaban J connectivity index is 2.00. The number of hydrogen-bond donors (Lipinski definition) is 2. The lowest BCUT2D eigenvalue weighted by Crippen LogP contribution is -2.32. The first-order chi connectivity index (χ1) is 12.4. The van der Waals surface area contributed by atoms with Crippen molar-refractivity contribution in [3.63, 3.8) is 0 Å². The third-order valence-electron chi connectivity index (χ3n) is 4.00. The summed E-state index contributed by atoms with van der Waals surface area (Å²) in [4.78, 5) is 23.8. The monoisotopic (exact) mass is 358 g/mol. The summed E-state index contributed by atoms with van der Waals surface area (Å²) in [6.45, 7) is 3.39. The second kappa shape index (κ2) is 8.99. The molecule has 0 aliphatic carbocycles. The third kappa shape index (κ3) is 5.58.